The van der Waals surface area contributed by atoms with Gasteiger partial charge in [0.05, 0.1) is 12.7 Å². The summed E-state index contributed by atoms with van der Waals surface area (Å²) in [5.41, 5.74) is 3.11. The van der Waals surface area contributed by atoms with Gasteiger partial charge in [-0.1, -0.05) is 0 Å². The predicted molar refractivity (Wildman–Crippen MR) is 110 cm³/mol. The highest BCUT2D eigenvalue weighted by atomic mass is 16.5. The van der Waals surface area contributed by atoms with E-state index in [1.165, 1.54) is 6.92 Å². The Morgan fingerprint density at radius 3 is 2.69 bits per heavy atom. The first kappa shape index (κ1) is 18.8. The van der Waals surface area contributed by atoms with Crippen molar-refractivity contribution in [2.75, 3.05) is 7.11 Å². The quantitative estimate of drug-likeness (QED) is 0.372. The molecule has 0 fully saturated rings. The van der Waals surface area contributed by atoms with Crippen LogP contribution in [0.25, 0.3) is 17.0 Å². The van der Waals surface area contributed by atoms with Gasteiger partial charge in [0, 0.05) is 42.2 Å². The number of Topliss-reactive ketones (excluding diaryl/α,β-unsaturated/α-hetero) is 1. The van der Waals surface area contributed by atoms with Crippen LogP contribution in [0.2, 0.25) is 0 Å². The highest BCUT2D eigenvalue weighted by Gasteiger charge is 2.30. The molecule has 3 aromatic rings. The fourth-order valence-electron chi connectivity index (χ4n) is 3.65. The number of rotatable bonds is 4. The smallest absolute Gasteiger partial charge is 0.308 e. The summed E-state index contributed by atoms with van der Waals surface area (Å²) in [5.74, 6) is 1.12. The summed E-state index contributed by atoms with van der Waals surface area (Å²) < 4.78 is 18.5. The minimum Gasteiger partial charge on any atom is -0.497 e. The van der Waals surface area contributed by atoms with Crippen LogP contribution in [0.3, 0.4) is 0 Å². The largest absolute Gasteiger partial charge is 0.497 e. The number of fused-ring (bicyclic) bond motifs is 2. The number of ketones is 1. The Morgan fingerprint density at radius 2 is 2.00 bits per heavy atom. The number of allylic oxidation sites excluding steroid dienone is 1. The normalized spacial score (nSPS) is 14.2. The number of aromatic nitrogens is 1. The van der Waals surface area contributed by atoms with Gasteiger partial charge in [-0.25, -0.2) is 0 Å². The predicted octanol–water partition coefficient (Wildman–Crippen LogP) is 4.52. The lowest BCUT2D eigenvalue weighted by molar-refractivity contribution is -0.131. The van der Waals surface area contributed by atoms with Gasteiger partial charge in [0.2, 0.25) is 5.78 Å². The molecule has 0 aliphatic carbocycles. The van der Waals surface area contributed by atoms with Crippen molar-refractivity contribution in [3.05, 3.63) is 59.0 Å². The Bertz CT molecular complexity index is 1190. The van der Waals surface area contributed by atoms with Gasteiger partial charge in [0.15, 0.2) is 5.76 Å². The number of benzene rings is 2. The Hall–Kier alpha value is -3.54. The second-order valence-corrected chi connectivity index (χ2v) is 6.90. The molecular formula is C23H21NO5. The fourth-order valence-corrected chi connectivity index (χ4v) is 3.65. The number of methoxy groups -OCH3 is 1. The van der Waals surface area contributed by atoms with Crippen LogP contribution in [-0.4, -0.2) is 23.4 Å². The van der Waals surface area contributed by atoms with E-state index in [0.717, 1.165) is 28.8 Å². The molecule has 0 saturated carbocycles. The van der Waals surface area contributed by atoms with Crippen LogP contribution < -0.4 is 14.2 Å². The van der Waals surface area contributed by atoms with E-state index < -0.39 is 5.97 Å². The van der Waals surface area contributed by atoms with Crippen molar-refractivity contribution >= 4 is 28.7 Å². The first-order chi connectivity index (χ1) is 13.9. The van der Waals surface area contributed by atoms with E-state index in [9.17, 15) is 9.59 Å². The van der Waals surface area contributed by atoms with Crippen molar-refractivity contribution in [3.8, 4) is 17.2 Å². The Kier molecular flexibility index (Phi) is 4.62. The first-order valence-electron chi connectivity index (χ1n) is 9.35. The van der Waals surface area contributed by atoms with Gasteiger partial charge < -0.3 is 18.8 Å². The van der Waals surface area contributed by atoms with Crippen LogP contribution in [0.15, 0.2) is 42.3 Å². The molecule has 1 aliphatic heterocycles. The number of esters is 1. The maximum Gasteiger partial charge on any atom is 0.308 e. The zero-order chi connectivity index (χ0) is 20.7. The van der Waals surface area contributed by atoms with Crippen LogP contribution in [0.4, 0.5) is 0 Å². The third kappa shape index (κ3) is 3.27. The second-order valence-electron chi connectivity index (χ2n) is 6.90. The first-order valence-corrected chi connectivity index (χ1v) is 9.35. The lowest BCUT2D eigenvalue weighted by Crippen LogP contribution is -2.02. The van der Waals surface area contributed by atoms with Crippen molar-refractivity contribution in [3.63, 3.8) is 0 Å². The van der Waals surface area contributed by atoms with E-state index in [-0.39, 0.29) is 11.5 Å². The third-order valence-electron chi connectivity index (χ3n) is 4.95. The highest BCUT2D eigenvalue weighted by molar-refractivity contribution is 6.16. The molecule has 2 heterocycles. The Balaban J connectivity index is 1.78. The maximum absolute atomic E-state index is 13.0. The zero-order valence-corrected chi connectivity index (χ0v) is 16.7. The van der Waals surface area contributed by atoms with Gasteiger partial charge in [-0.3, -0.25) is 9.59 Å². The van der Waals surface area contributed by atoms with Crippen LogP contribution >= 0.6 is 0 Å². The van der Waals surface area contributed by atoms with Crippen LogP contribution in [0.1, 0.15) is 35.3 Å². The van der Waals surface area contributed by atoms with Gasteiger partial charge in [-0.05, 0) is 49.8 Å². The summed E-state index contributed by atoms with van der Waals surface area (Å²) in [5, 5.41) is 0.975. The number of aryl methyl sites for hydroxylation is 2. The summed E-state index contributed by atoms with van der Waals surface area (Å²) in [4.78, 5) is 24.2. The van der Waals surface area contributed by atoms with Crippen LogP contribution in [0, 0.1) is 6.92 Å². The van der Waals surface area contributed by atoms with E-state index >= 15 is 0 Å². The van der Waals surface area contributed by atoms with Crippen LogP contribution in [0.5, 0.6) is 17.2 Å². The van der Waals surface area contributed by atoms with Gasteiger partial charge in [0.1, 0.15) is 17.2 Å². The molecule has 1 aromatic heterocycles. The number of hydrogen-bond acceptors (Lipinski definition) is 5. The molecule has 0 unspecified atom stereocenters. The third-order valence-corrected chi connectivity index (χ3v) is 4.95. The summed E-state index contributed by atoms with van der Waals surface area (Å²) in [6.07, 6.45) is 3.75. The van der Waals surface area contributed by atoms with Crippen LogP contribution in [-0.2, 0) is 11.3 Å². The average molecular weight is 391 g/mol. The number of ether oxygens (including phenoxy) is 3. The Morgan fingerprint density at radius 1 is 1.21 bits per heavy atom. The zero-order valence-electron chi connectivity index (χ0n) is 16.7. The maximum atomic E-state index is 13.0. The van der Waals surface area contributed by atoms with Crippen molar-refractivity contribution in [2.24, 2.45) is 0 Å². The molecule has 0 radical (unpaired) electrons. The van der Waals surface area contributed by atoms with E-state index in [1.54, 1.807) is 32.2 Å². The molecule has 0 spiro atoms. The average Bonchev–Trinajstić information content (AvgIpc) is 3.18. The lowest BCUT2D eigenvalue weighted by Gasteiger charge is -2.05. The lowest BCUT2D eigenvalue weighted by atomic mass is 10.0. The van der Waals surface area contributed by atoms with Gasteiger partial charge in [0.25, 0.3) is 0 Å². The molecule has 2 aromatic carbocycles. The van der Waals surface area contributed by atoms with E-state index in [2.05, 4.69) is 11.5 Å². The molecule has 0 bridgehead atoms. The molecule has 0 amide bonds. The molecule has 0 atom stereocenters. The summed E-state index contributed by atoms with van der Waals surface area (Å²) >= 11 is 0. The summed E-state index contributed by atoms with van der Waals surface area (Å²) in [7, 11) is 1.62. The molecular weight excluding hydrogens is 370 g/mol. The number of carbonyl (C=O) groups is 2. The topological polar surface area (TPSA) is 66.8 Å². The van der Waals surface area contributed by atoms with E-state index in [1.807, 2.05) is 24.4 Å². The minimum atomic E-state index is -0.425. The van der Waals surface area contributed by atoms with E-state index in [4.69, 9.17) is 14.2 Å². The van der Waals surface area contributed by atoms with Crippen molar-refractivity contribution in [1.29, 1.82) is 0 Å². The van der Waals surface area contributed by atoms with Gasteiger partial charge >= 0.3 is 5.97 Å². The fraction of sp³-hybridized carbons (Fsp3) is 0.217. The minimum absolute atomic E-state index is 0.188. The molecule has 4 rings (SSSR count). The summed E-state index contributed by atoms with van der Waals surface area (Å²) in [6, 6.07) is 9.10. The van der Waals surface area contributed by atoms with E-state index in [0.29, 0.717) is 22.6 Å². The second kappa shape index (κ2) is 7.13. The monoisotopic (exact) mass is 391 g/mol. The summed E-state index contributed by atoms with van der Waals surface area (Å²) in [6.45, 7) is 5.99. The van der Waals surface area contributed by atoms with Crippen molar-refractivity contribution < 1.29 is 23.8 Å². The molecule has 0 saturated heterocycles. The SMILES string of the molecule is CCn1cc(/C=C2\Oc3cc(OC(C)=O)cc(C)c3C2=O)c2cc(OC)ccc21. The number of nitrogens with zero attached hydrogens (tertiary/aromatic N) is 1. The molecule has 148 valence electrons. The molecule has 29 heavy (non-hydrogen) atoms. The highest BCUT2D eigenvalue weighted by Crippen LogP contribution is 2.38. The molecule has 1 aliphatic rings. The number of carbonyl (C=O) groups excluding carboxylic acids is 2. The molecule has 0 N–H and O–H groups in total. The molecule has 6 heteroatoms. The standard InChI is InChI=1S/C23H21NO5/c1-5-24-12-15(18-10-16(27-4)6-7-19(18)24)9-21-23(26)22-13(2)8-17(28-14(3)25)11-20(22)29-21/h6-12H,5H2,1-4H3/b21-9-. The van der Waals surface area contributed by atoms with Crippen molar-refractivity contribution in [2.45, 2.75) is 27.3 Å². The molecule has 6 nitrogen and oxygen atoms in total. The number of hydrogen-bond donors (Lipinski definition) is 0. The van der Waals surface area contributed by atoms with Gasteiger partial charge in [-0.2, -0.15) is 0 Å². The Labute approximate surface area is 168 Å². The van der Waals surface area contributed by atoms with Crippen molar-refractivity contribution in [1.82, 2.24) is 4.57 Å². The van der Waals surface area contributed by atoms with Gasteiger partial charge in [-0.15, -0.1) is 0 Å².